The molecule has 0 saturated carbocycles. The second kappa shape index (κ2) is 10.00. The molecule has 0 aliphatic carbocycles. The highest BCUT2D eigenvalue weighted by atomic mass is 19.1. The van der Waals surface area contributed by atoms with Gasteiger partial charge in [0.05, 0.1) is 18.8 Å². The summed E-state index contributed by atoms with van der Waals surface area (Å²) in [6.07, 6.45) is 0.840. The van der Waals surface area contributed by atoms with Gasteiger partial charge in [0, 0.05) is 37.6 Å². The Morgan fingerprint density at radius 3 is 2.60 bits per heavy atom. The van der Waals surface area contributed by atoms with Gasteiger partial charge < -0.3 is 20.5 Å². The molecule has 1 heterocycles. The molecule has 3 atom stereocenters. The van der Waals surface area contributed by atoms with Crippen LogP contribution in [0.4, 0.5) is 8.78 Å². The molecule has 3 N–H and O–H groups in total. The Bertz CT molecular complexity index is 870. The van der Waals surface area contributed by atoms with Crippen molar-refractivity contribution < 1.29 is 23.4 Å². The number of carbonyl (C=O) groups is 1. The van der Waals surface area contributed by atoms with E-state index >= 15 is 0 Å². The van der Waals surface area contributed by atoms with Crippen LogP contribution in [0.15, 0.2) is 36.4 Å². The maximum Gasteiger partial charge on any atom is 0.217 e. The standard InChI is InChI=1S/C23H28F2N2O3/c1-3-15-4-5-23-19(10-15)20(6-7-30-23)26-13-22(29)21(27-14(2)28)11-16-8-17(24)12-18(25)9-16/h4-5,8-10,12,20-22,26,29H,3,6-7,11,13H2,1-2H3,(H,27,28)/t20?,21?,22-/m1/s1. The van der Waals surface area contributed by atoms with Crippen LogP contribution in [0, 0.1) is 11.6 Å². The van der Waals surface area contributed by atoms with Gasteiger partial charge in [0.2, 0.25) is 5.91 Å². The van der Waals surface area contributed by atoms with E-state index in [1.807, 2.05) is 12.1 Å². The number of hydrogen-bond acceptors (Lipinski definition) is 4. The fourth-order valence-corrected chi connectivity index (χ4v) is 3.81. The quantitative estimate of drug-likeness (QED) is 0.616. The van der Waals surface area contributed by atoms with Crippen LogP contribution in [0.1, 0.15) is 43.0 Å². The third-order valence-corrected chi connectivity index (χ3v) is 5.33. The summed E-state index contributed by atoms with van der Waals surface area (Å²) >= 11 is 0. The highest BCUT2D eigenvalue weighted by Crippen LogP contribution is 2.33. The summed E-state index contributed by atoms with van der Waals surface area (Å²) in [6, 6.07) is 8.66. The number of hydrogen-bond donors (Lipinski definition) is 3. The van der Waals surface area contributed by atoms with E-state index in [9.17, 15) is 18.7 Å². The molecule has 2 aromatic rings. The maximum atomic E-state index is 13.5. The summed E-state index contributed by atoms with van der Waals surface area (Å²) in [5.41, 5.74) is 2.63. The molecule has 0 bridgehead atoms. The molecule has 5 nitrogen and oxygen atoms in total. The molecule has 162 valence electrons. The normalized spacial score (nSPS) is 17.6. The fraction of sp³-hybridized carbons (Fsp3) is 0.435. The molecule has 30 heavy (non-hydrogen) atoms. The molecule has 0 spiro atoms. The zero-order chi connectivity index (χ0) is 21.7. The van der Waals surface area contributed by atoms with Crippen molar-refractivity contribution in [3.63, 3.8) is 0 Å². The first-order valence-electron chi connectivity index (χ1n) is 10.2. The number of benzene rings is 2. The van der Waals surface area contributed by atoms with Crippen LogP contribution in [0.25, 0.3) is 0 Å². The molecule has 0 aromatic heterocycles. The highest BCUT2D eigenvalue weighted by Gasteiger charge is 2.25. The Balaban J connectivity index is 1.69. The van der Waals surface area contributed by atoms with Crippen molar-refractivity contribution in [1.29, 1.82) is 0 Å². The Morgan fingerprint density at radius 1 is 1.20 bits per heavy atom. The SMILES string of the molecule is CCc1ccc2c(c1)C(NC[C@@H](O)C(Cc1cc(F)cc(F)c1)NC(C)=O)CCO2. The highest BCUT2D eigenvalue weighted by molar-refractivity contribution is 5.73. The molecule has 1 amide bonds. The summed E-state index contributed by atoms with van der Waals surface area (Å²) in [4.78, 5) is 11.6. The Kier molecular flexibility index (Phi) is 7.39. The molecule has 3 rings (SSSR count). The number of aryl methyl sites for hydroxylation is 1. The first-order valence-corrected chi connectivity index (χ1v) is 10.2. The first kappa shape index (κ1) is 22.2. The molecule has 7 heteroatoms. The Labute approximate surface area is 175 Å². The van der Waals surface area contributed by atoms with Crippen molar-refractivity contribution in [2.24, 2.45) is 0 Å². The number of fused-ring (bicyclic) bond motifs is 1. The van der Waals surface area contributed by atoms with Gasteiger partial charge in [0.1, 0.15) is 17.4 Å². The van der Waals surface area contributed by atoms with E-state index in [2.05, 4.69) is 23.6 Å². The first-order chi connectivity index (χ1) is 14.4. The second-order valence-electron chi connectivity index (χ2n) is 7.68. The number of rotatable bonds is 8. The monoisotopic (exact) mass is 418 g/mol. The zero-order valence-electron chi connectivity index (χ0n) is 17.3. The predicted molar refractivity (Wildman–Crippen MR) is 110 cm³/mol. The van der Waals surface area contributed by atoms with E-state index in [1.54, 1.807) is 0 Å². The number of carbonyl (C=O) groups excluding carboxylic acids is 1. The van der Waals surface area contributed by atoms with Crippen LogP contribution in [0.5, 0.6) is 5.75 Å². The molecular formula is C23H28F2N2O3. The van der Waals surface area contributed by atoms with Gasteiger partial charge in [0.15, 0.2) is 0 Å². The summed E-state index contributed by atoms with van der Waals surface area (Å²) in [6.45, 7) is 4.22. The summed E-state index contributed by atoms with van der Waals surface area (Å²) in [5, 5.41) is 16.8. The number of aliphatic hydroxyl groups is 1. The average molecular weight is 418 g/mol. The van der Waals surface area contributed by atoms with Gasteiger partial charge in [-0.2, -0.15) is 0 Å². The Hall–Kier alpha value is -2.51. The molecule has 1 aliphatic rings. The van der Waals surface area contributed by atoms with Crippen LogP contribution in [-0.2, 0) is 17.6 Å². The smallest absolute Gasteiger partial charge is 0.217 e. The predicted octanol–water partition coefficient (Wildman–Crippen LogP) is 3.05. The summed E-state index contributed by atoms with van der Waals surface area (Å²) in [5.74, 6) is -0.867. The second-order valence-corrected chi connectivity index (χ2v) is 7.68. The average Bonchev–Trinajstić information content (AvgIpc) is 2.70. The van der Waals surface area contributed by atoms with E-state index in [4.69, 9.17) is 4.74 Å². The van der Waals surface area contributed by atoms with Crippen LogP contribution in [-0.4, -0.2) is 36.3 Å². The molecular weight excluding hydrogens is 390 g/mol. The lowest BCUT2D eigenvalue weighted by Crippen LogP contribution is -2.48. The third-order valence-electron chi connectivity index (χ3n) is 5.33. The molecule has 0 saturated heterocycles. The lowest BCUT2D eigenvalue weighted by molar-refractivity contribution is -0.120. The zero-order valence-corrected chi connectivity index (χ0v) is 17.3. The van der Waals surface area contributed by atoms with Crippen molar-refractivity contribution in [3.8, 4) is 5.75 Å². The van der Waals surface area contributed by atoms with E-state index in [-0.39, 0.29) is 24.9 Å². The number of amides is 1. The lowest BCUT2D eigenvalue weighted by Gasteiger charge is -2.30. The molecule has 0 fully saturated rings. The van der Waals surface area contributed by atoms with E-state index in [0.717, 1.165) is 30.2 Å². The fourth-order valence-electron chi connectivity index (χ4n) is 3.81. The lowest BCUT2D eigenvalue weighted by atomic mass is 9.96. The topological polar surface area (TPSA) is 70.6 Å². The van der Waals surface area contributed by atoms with Crippen molar-refractivity contribution in [3.05, 3.63) is 64.7 Å². The van der Waals surface area contributed by atoms with Crippen LogP contribution in [0.3, 0.4) is 0 Å². The van der Waals surface area contributed by atoms with Crippen molar-refractivity contribution in [1.82, 2.24) is 10.6 Å². The third kappa shape index (κ3) is 5.77. The van der Waals surface area contributed by atoms with Gasteiger partial charge in [-0.05, 0) is 42.2 Å². The number of halogens is 2. The summed E-state index contributed by atoms with van der Waals surface area (Å²) in [7, 11) is 0. The van der Waals surface area contributed by atoms with Crippen molar-refractivity contribution in [2.75, 3.05) is 13.2 Å². The number of aliphatic hydroxyl groups excluding tert-OH is 1. The van der Waals surface area contributed by atoms with Gasteiger partial charge in [-0.3, -0.25) is 4.79 Å². The maximum absolute atomic E-state index is 13.5. The number of ether oxygens (including phenoxy) is 1. The van der Waals surface area contributed by atoms with Gasteiger partial charge in [-0.25, -0.2) is 8.78 Å². The van der Waals surface area contributed by atoms with Gasteiger partial charge >= 0.3 is 0 Å². The molecule has 0 radical (unpaired) electrons. The van der Waals surface area contributed by atoms with Crippen molar-refractivity contribution in [2.45, 2.75) is 51.3 Å². The Morgan fingerprint density at radius 2 is 1.93 bits per heavy atom. The van der Waals surface area contributed by atoms with Crippen LogP contribution >= 0.6 is 0 Å². The van der Waals surface area contributed by atoms with Crippen LogP contribution in [0.2, 0.25) is 0 Å². The van der Waals surface area contributed by atoms with Gasteiger partial charge in [-0.1, -0.05) is 19.1 Å². The molecule has 1 aliphatic heterocycles. The number of nitrogens with one attached hydrogen (secondary N) is 2. The minimum absolute atomic E-state index is 0.0134. The van der Waals surface area contributed by atoms with Crippen molar-refractivity contribution >= 4 is 5.91 Å². The van der Waals surface area contributed by atoms with Gasteiger partial charge in [-0.15, -0.1) is 0 Å². The molecule has 2 aromatic carbocycles. The minimum atomic E-state index is -0.944. The van der Waals surface area contributed by atoms with Gasteiger partial charge in [0.25, 0.3) is 0 Å². The largest absolute Gasteiger partial charge is 0.493 e. The minimum Gasteiger partial charge on any atom is -0.493 e. The van der Waals surface area contributed by atoms with E-state index in [1.165, 1.54) is 24.6 Å². The van der Waals surface area contributed by atoms with Crippen LogP contribution < -0.4 is 15.4 Å². The summed E-state index contributed by atoms with van der Waals surface area (Å²) < 4.78 is 32.8. The molecule has 2 unspecified atom stereocenters. The van der Waals surface area contributed by atoms with E-state index < -0.39 is 23.8 Å². The van der Waals surface area contributed by atoms with E-state index in [0.29, 0.717) is 12.2 Å².